The third-order valence-corrected chi connectivity index (χ3v) is 5.32. The number of hydrogen-bond acceptors (Lipinski definition) is 5. The number of aliphatic carboxylic acids is 1. The van der Waals surface area contributed by atoms with Crippen molar-refractivity contribution in [2.45, 2.75) is 25.6 Å². The van der Waals surface area contributed by atoms with Crippen LogP contribution in [0.5, 0.6) is 5.75 Å². The molecule has 2 aromatic rings. The van der Waals surface area contributed by atoms with Crippen molar-refractivity contribution < 1.29 is 33.0 Å². The highest BCUT2D eigenvalue weighted by Gasteiger charge is 2.34. The van der Waals surface area contributed by atoms with Crippen molar-refractivity contribution in [1.82, 2.24) is 9.88 Å². The van der Waals surface area contributed by atoms with E-state index in [0.717, 1.165) is 17.8 Å². The molecule has 0 radical (unpaired) electrons. The zero-order valence-electron chi connectivity index (χ0n) is 15.1. The number of carbonyl (C=O) groups excluding carboxylic acids is 1. The van der Waals surface area contributed by atoms with E-state index in [9.17, 15) is 27.9 Å². The second-order valence-electron chi connectivity index (χ2n) is 6.47. The second kappa shape index (κ2) is 8.32. The fourth-order valence-corrected chi connectivity index (χ4v) is 3.81. The van der Waals surface area contributed by atoms with Crippen LogP contribution in [0.4, 0.5) is 18.0 Å². The lowest BCUT2D eigenvalue weighted by Crippen LogP contribution is -2.24. The summed E-state index contributed by atoms with van der Waals surface area (Å²) in [5, 5.41) is 18.9. The molecule has 6 nitrogen and oxygen atoms in total. The lowest BCUT2D eigenvalue weighted by molar-refractivity contribution is -0.141. The van der Waals surface area contributed by atoms with Gasteiger partial charge in [0.25, 0.3) is 5.24 Å². The van der Waals surface area contributed by atoms with Gasteiger partial charge < -0.3 is 15.1 Å². The van der Waals surface area contributed by atoms with Crippen LogP contribution in [0.15, 0.2) is 30.3 Å². The standard InChI is InChI=1S/C19H17F3N2O4S/c20-19(21,22)16-5-3-12(14(23-16)10-24-7-8-29-18(24)28)13-9-11(1-4-15(13)25)2-6-17(26)27/h1,3-5,9,25H,2,6-8,10H2,(H,26,27). The van der Waals surface area contributed by atoms with E-state index in [1.165, 1.54) is 23.1 Å². The molecule has 1 amide bonds. The minimum Gasteiger partial charge on any atom is -0.507 e. The summed E-state index contributed by atoms with van der Waals surface area (Å²) < 4.78 is 39.5. The van der Waals surface area contributed by atoms with Gasteiger partial charge in [0.15, 0.2) is 0 Å². The highest BCUT2D eigenvalue weighted by atomic mass is 32.2. The van der Waals surface area contributed by atoms with Crippen molar-refractivity contribution in [2.75, 3.05) is 12.3 Å². The first kappa shape index (κ1) is 21.0. The first-order chi connectivity index (χ1) is 13.6. The Morgan fingerprint density at radius 2 is 1.97 bits per heavy atom. The predicted molar refractivity (Wildman–Crippen MR) is 101 cm³/mol. The summed E-state index contributed by atoms with van der Waals surface area (Å²) in [6.45, 7) is 0.273. The maximum absolute atomic E-state index is 13.2. The van der Waals surface area contributed by atoms with E-state index in [1.54, 1.807) is 6.07 Å². The van der Waals surface area contributed by atoms with Gasteiger partial charge in [0.05, 0.1) is 12.2 Å². The molecule has 0 spiro atoms. The minimum absolute atomic E-state index is 0.0151. The number of amides is 1. The highest BCUT2D eigenvalue weighted by Crippen LogP contribution is 2.36. The normalized spacial score (nSPS) is 14.4. The Morgan fingerprint density at radius 3 is 2.59 bits per heavy atom. The van der Waals surface area contributed by atoms with E-state index >= 15 is 0 Å². The van der Waals surface area contributed by atoms with E-state index in [4.69, 9.17) is 5.11 Å². The van der Waals surface area contributed by atoms with Crippen LogP contribution in [0.25, 0.3) is 11.1 Å². The van der Waals surface area contributed by atoms with Crippen LogP contribution in [0, 0.1) is 0 Å². The molecule has 0 aliphatic carbocycles. The summed E-state index contributed by atoms with van der Waals surface area (Å²) in [6.07, 6.45) is -4.57. The van der Waals surface area contributed by atoms with Gasteiger partial charge in [0.1, 0.15) is 11.4 Å². The summed E-state index contributed by atoms with van der Waals surface area (Å²) in [5.74, 6) is -0.612. The molecule has 0 saturated carbocycles. The molecular formula is C19H17F3N2O4S. The topological polar surface area (TPSA) is 90.7 Å². The van der Waals surface area contributed by atoms with E-state index in [0.29, 0.717) is 17.9 Å². The Hall–Kier alpha value is -2.75. The Balaban J connectivity index is 2.04. The number of phenolic OH excluding ortho intramolecular Hbond substituents is 1. The maximum Gasteiger partial charge on any atom is 0.433 e. The first-order valence-corrected chi connectivity index (χ1v) is 9.66. The van der Waals surface area contributed by atoms with Crippen molar-refractivity contribution in [3.63, 3.8) is 0 Å². The number of hydrogen-bond donors (Lipinski definition) is 2. The Kier molecular flexibility index (Phi) is 6.02. The summed E-state index contributed by atoms with van der Waals surface area (Å²) in [5.41, 5.74) is 0.0399. The van der Waals surface area contributed by atoms with Crippen LogP contribution in [-0.4, -0.2) is 43.6 Å². The number of phenols is 1. The summed E-state index contributed by atoms with van der Waals surface area (Å²) in [4.78, 5) is 27.8. The first-order valence-electron chi connectivity index (χ1n) is 8.68. The van der Waals surface area contributed by atoms with Crippen LogP contribution in [-0.2, 0) is 23.9 Å². The van der Waals surface area contributed by atoms with E-state index in [1.807, 2.05) is 0 Å². The number of carboxylic acids is 1. The number of carboxylic acid groups (broad SMARTS) is 1. The fraction of sp³-hybridized carbons (Fsp3) is 0.316. The minimum atomic E-state index is -4.65. The number of nitrogens with zero attached hydrogens (tertiary/aromatic N) is 2. The van der Waals surface area contributed by atoms with Crippen molar-refractivity contribution >= 4 is 23.0 Å². The molecule has 1 aromatic carbocycles. The monoisotopic (exact) mass is 426 g/mol. The summed E-state index contributed by atoms with van der Waals surface area (Å²) in [6, 6.07) is 6.49. The smallest absolute Gasteiger partial charge is 0.433 e. The third kappa shape index (κ3) is 5.00. The van der Waals surface area contributed by atoms with Gasteiger partial charge in [-0.1, -0.05) is 23.9 Å². The zero-order valence-corrected chi connectivity index (χ0v) is 15.9. The molecule has 3 rings (SSSR count). The Bertz CT molecular complexity index is 950. The van der Waals surface area contributed by atoms with Crippen molar-refractivity contribution in [3.05, 3.63) is 47.3 Å². The van der Waals surface area contributed by atoms with Crippen LogP contribution in [0.3, 0.4) is 0 Å². The second-order valence-corrected chi connectivity index (χ2v) is 7.52. The number of rotatable bonds is 6. The van der Waals surface area contributed by atoms with Gasteiger partial charge in [-0.05, 0) is 30.2 Å². The number of halogens is 3. The molecule has 1 aliphatic rings. The van der Waals surface area contributed by atoms with Crippen LogP contribution in [0.2, 0.25) is 0 Å². The predicted octanol–water partition coefficient (Wildman–Crippen LogP) is 4.16. The molecule has 1 fully saturated rings. The van der Waals surface area contributed by atoms with Gasteiger partial charge >= 0.3 is 12.1 Å². The number of pyridine rings is 1. The van der Waals surface area contributed by atoms with Crippen molar-refractivity contribution in [3.8, 4) is 16.9 Å². The molecule has 1 aromatic heterocycles. The number of benzene rings is 1. The Morgan fingerprint density at radius 1 is 1.21 bits per heavy atom. The number of aromatic nitrogens is 1. The van der Waals surface area contributed by atoms with Crippen LogP contribution < -0.4 is 0 Å². The summed E-state index contributed by atoms with van der Waals surface area (Å²) >= 11 is 1.08. The van der Waals surface area contributed by atoms with Gasteiger partial charge in [-0.15, -0.1) is 0 Å². The largest absolute Gasteiger partial charge is 0.507 e. The zero-order chi connectivity index (χ0) is 21.2. The van der Waals surface area contributed by atoms with E-state index in [2.05, 4.69) is 4.98 Å². The molecule has 0 bridgehead atoms. The number of carbonyl (C=O) groups is 2. The molecule has 29 heavy (non-hydrogen) atoms. The van der Waals surface area contributed by atoms with Gasteiger partial charge in [-0.3, -0.25) is 9.59 Å². The molecule has 154 valence electrons. The molecule has 2 N–H and O–H groups in total. The van der Waals surface area contributed by atoms with Gasteiger partial charge in [-0.25, -0.2) is 4.98 Å². The van der Waals surface area contributed by atoms with Crippen LogP contribution >= 0.6 is 11.8 Å². The lowest BCUT2D eigenvalue weighted by Gasteiger charge is -2.19. The summed E-state index contributed by atoms with van der Waals surface area (Å²) in [7, 11) is 0. The van der Waals surface area contributed by atoms with Crippen molar-refractivity contribution in [2.24, 2.45) is 0 Å². The average Bonchev–Trinajstić information content (AvgIpc) is 3.05. The molecule has 0 atom stereocenters. The van der Waals surface area contributed by atoms with Crippen molar-refractivity contribution in [1.29, 1.82) is 0 Å². The number of thioether (sulfide) groups is 1. The molecule has 1 aliphatic heterocycles. The van der Waals surface area contributed by atoms with Crippen LogP contribution in [0.1, 0.15) is 23.4 Å². The molecule has 2 heterocycles. The molecule has 0 unspecified atom stereocenters. The molecule has 1 saturated heterocycles. The Labute approximate surface area is 168 Å². The quantitative estimate of drug-likeness (QED) is 0.721. The van der Waals surface area contributed by atoms with Gasteiger partial charge in [0, 0.05) is 29.8 Å². The fourth-order valence-electron chi connectivity index (χ4n) is 2.98. The SMILES string of the molecule is O=C(O)CCc1ccc(O)c(-c2ccc(C(F)(F)F)nc2CN2CCSC2=O)c1. The average molecular weight is 426 g/mol. The maximum atomic E-state index is 13.2. The highest BCUT2D eigenvalue weighted by molar-refractivity contribution is 8.13. The molecule has 10 heteroatoms. The van der Waals surface area contributed by atoms with E-state index in [-0.39, 0.29) is 47.2 Å². The third-order valence-electron chi connectivity index (χ3n) is 4.43. The number of aryl methyl sites for hydroxylation is 1. The van der Waals surface area contributed by atoms with E-state index < -0.39 is 17.8 Å². The van der Waals surface area contributed by atoms with Gasteiger partial charge in [-0.2, -0.15) is 13.2 Å². The molecular weight excluding hydrogens is 409 g/mol. The van der Waals surface area contributed by atoms with Gasteiger partial charge in [0.2, 0.25) is 0 Å². The lowest BCUT2D eigenvalue weighted by atomic mass is 9.98. The number of aromatic hydroxyl groups is 1. The number of alkyl halides is 3.